The van der Waals surface area contributed by atoms with Crippen molar-refractivity contribution in [1.29, 1.82) is 0 Å². The first-order chi connectivity index (χ1) is 14.0. The molecule has 29 heavy (non-hydrogen) atoms. The number of amides is 1. The Morgan fingerprint density at radius 3 is 2.45 bits per heavy atom. The summed E-state index contributed by atoms with van der Waals surface area (Å²) in [6.45, 7) is 3.04. The number of benzene rings is 1. The SMILES string of the molecule is O=C(NCc1ccccc1)C1CCCN(S(=O)(=O)N2CCC3(CC2)OCCO3)C1. The molecule has 3 aliphatic heterocycles. The third-order valence-corrected chi connectivity index (χ3v) is 8.02. The summed E-state index contributed by atoms with van der Waals surface area (Å²) >= 11 is 0. The average molecular weight is 424 g/mol. The Bertz CT molecular complexity index is 801. The topological polar surface area (TPSA) is 88.2 Å². The van der Waals surface area contributed by atoms with Crippen molar-refractivity contribution in [3.05, 3.63) is 35.9 Å². The van der Waals surface area contributed by atoms with Crippen molar-refractivity contribution < 1.29 is 22.7 Å². The number of piperidine rings is 2. The molecule has 0 aromatic heterocycles. The van der Waals surface area contributed by atoms with Gasteiger partial charge in [0.25, 0.3) is 10.2 Å². The van der Waals surface area contributed by atoms with Gasteiger partial charge in [0.05, 0.1) is 19.1 Å². The zero-order chi connectivity index (χ0) is 20.3. The second-order valence-electron chi connectivity index (χ2n) is 7.92. The number of carbonyl (C=O) groups excluding carboxylic acids is 1. The van der Waals surface area contributed by atoms with Crippen LogP contribution in [0.25, 0.3) is 0 Å². The number of carbonyl (C=O) groups is 1. The summed E-state index contributed by atoms with van der Waals surface area (Å²) in [5.41, 5.74) is 1.03. The minimum atomic E-state index is -3.59. The van der Waals surface area contributed by atoms with Crippen LogP contribution in [0.5, 0.6) is 0 Å². The predicted molar refractivity (Wildman–Crippen MR) is 107 cm³/mol. The second kappa shape index (κ2) is 8.69. The molecule has 9 heteroatoms. The van der Waals surface area contributed by atoms with Crippen LogP contribution in [-0.4, -0.2) is 68.1 Å². The van der Waals surface area contributed by atoms with Crippen molar-refractivity contribution in [3.8, 4) is 0 Å². The van der Waals surface area contributed by atoms with Gasteiger partial charge in [0.1, 0.15) is 0 Å². The normalized spacial score (nSPS) is 25.9. The molecule has 1 atom stereocenters. The summed E-state index contributed by atoms with van der Waals surface area (Å²) in [6.07, 6.45) is 2.48. The molecule has 0 saturated carbocycles. The van der Waals surface area contributed by atoms with Crippen molar-refractivity contribution in [2.75, 3.05) is 39.4 Å². The summed E-state index contributed by atoms with van der Waals surface area (Å²) in [5.74, 6) is -1.01. The lowest BCUT2D eigenvalue weighted by Crippen LogP contribution is -2.54. The predicted octanol–water partition coefficient (Wildman–Crippen LogP) is 1.10. The van der Waals surface area contributed by atoms with Crippen LogP contribution in [-0.2, 0) is 31.0 Å². The molecule has 0 bridgehead atoms. The van der Waals surface area contributed by atoms with Gasteiger partial charge < -0.3 is 14.8 Å². The number of hydrogen-bond acceptors (Lipinski definition) is 5. The molecule has 1 aromatic carbocycles. The standard InChI is InChI=1S/C20H29N3O5S/c24-19(21-15-17-5-2-1-3-6-17)18-7-4-10-23(16-18)29(25,26)22-11-8-20(9-12-22)27-13-14-28-20/h1-3,5-6,18H,4,7-16H2,(H,21,24). The zero-order valence-electron chi connectivity index (χ0n) is 16.6. The van der Waals surface area contributed by atoms with Gasteiger partial charge in [0, 0.05) is 45.6 Å². The molecule has 3 aliphatic rings. The van der Waals surface area contributed by atoms with Crippen molar-refractivity contribution in [1.82, 2.24) is 13.9 Å². The average Bonchev–Trinajstić information content (AvgIpc) is 3.21. The van der Waals surface area contributed by atoms with E-state index >= 15 is 0 Å². The molecule has 0 aliphatic carbocycles. The van der Waals surface area contributed by atoms with E-state index in [1.807, 2.05) is 30.3 Å². The summed E-state index contributed by atoms with van der Waals surface area (Å²) in [5, 5.41) is 2.95. The lowest BCUT2D eigenvalue weighted by Gasteiger charge is -2.40. The molecule has 1 amide bonds. The third-order valence-electron chi connectivity index (χ3n) is 6.01. The van der Waals surface area contributed by atoms with Crippen LogP contribution in [0.15, 0.2) is 30.3 Å². The third kappa shape index (κ3) is 4.64. The molecule has 1 aromatic rings. The molecule has 4 rings (SSSR count). The molecule has 1 unspecified atom stereocenters. The fourth-order valence-corrected chi connectivity index (χ4v) is 6.00. The van der Waals surface area contributed by atoms with E-state index < -0.39 is 16.0 Å². The molecule has 3 saturated heterocycles. The maximum atomic E-state index is 13.1. The molecule has 0 radical (unpaired) electrons. The van der Waals surface area contributed by atoms with E-state index in [-0.39, 0.29) is 18.4 Å². The molecule has 8 nitrogen and oxygen atoms in total. The highest BCUT2D eigenvalue weighted by atomic mass is 32.2. The smallest absolute Gasteiger partial charge is 0.282 e. The molecule has 3 heterocycles. The zero-order valence-corrected chi connectivity index (χ0v) is 17.4. The number of nitrogens with one attached hydrogen (secondary N) is 1. The van der Waals surface area contributed by atoms with E-state index in [0.29, 0.717) is 65.1 Å². The highest BCUT2D eigenvalue weighted by Gasteiger charge is 2.44. The van der Waals surface area contributed by atoms with Gasteiger partial charge in [-0.2, -0.15) is 17.0 Å². The van der Waals surface area contributed by atoms with Gasteiger partial charge in [0.15, 0.2) is 5.79 Å². The van der Waals surface area contributed by atoms with Crippen molar-refractivity contribution >= 4 is 16.1 Å². The number of nitrogens with zero attached hydrogens (tertiary/aromatic N) is 2. The largest absolute Gasteiger partial charge is 0.352 e. The lowest BCUT2D eigenvalue weighted by molar-refractivity contribution is -0.179. The summed E-state index contributed by atoms with van der Waals surface area (Å²) in [4.78, 5) is 12.6. The van der Waals surface area contributed by atoms with Crippen LogP contribution in [0.3, 0.4) is 0 Å². The summed E-state index contributed by atoms with van der Waals surface area (Å²) in [7, 11) is -3.59. The van der Waals surface area contributed by atoms with Crippen LogP contribution < -0.4 is 5.32 Å². The summed E-state index contributed by atoms with van der Waals surface area (Å²) in [6, 6.07) is 9.71. The van der Waals surface area contributed by atoms with E-state index in [1.54, 1.807) is 0 Å². The van der Waals surface area contributed by atoms with Crippen LogP contribution >= 0.6 is 0 Å². The van der Waals surface area contributed by atoms with Crippen LogP contribution in [0.1, 0.15) is 31.2 Å². The van der Waals surface area contributed by atoms with Gasteiger partial charge >= 0.3 is 0 Å². The van der Waals surface area contributed by atoms with Crippen LogP contribution in [0.4, 0.5) is 0 Å². The maximum absolute atomic E-state index is 13.1. The van der Waals surface area contributed by atoms with Crippen LogP contribution in [0, 0.1) is 5.92 Å². The van der Waals surface area contributed by atoms with Gasteiger partial charge in [-0.05, 0) is 18.4 Å². The minimum Gasteiger partial charge on any atom is -0.352 e. The fourth-order valence-electron chi connectivity index (χ4n) is 4.30. The minimum absolute atomic E-state index is 0.0842. The fraction of sp³-hybridized carbons (Fsp3) is 0.650. The number of rotatable bonds is 5. The quantitative estimate of drug-likeness (QED) is 0.766. The molecule has 1 N–H and O–H groups in total. The van der Waals surface area contributed by atoms with E-state index in [0.717, 1.165) is 5.56 Å². The molecule has 3 fully saturated rings. The highest BCUT2D eigenvalue weighted by molar-refractivity contribution is 7.86. The van der Waals surface area contributed by atoms with Gasteiger partial charge in [-0.1, -0.05) is 30.3 Å². The molecular weight excluding hydrogens is 394 g/mol. The van der Waals surface area contributed by atoms with Crippen molar-refractivity contribution in [2.24, 2.45) is 5.92 Å². The Morgan fingerprint density at radius 1 is 1.07 bits per heavy atom. The first-order valence-electron chi connectivity index (χ1n) is 10.3. The van der Waals surface area contributed by atoms with Crippen LogP contribution in [0.2, 0.25) is 0 Å². The monoisotopic (exact) mass is 423 g/mol. The summed E-state index contributed by atoms with van der Waals surface area (Å²) < 4.78 is 40.6. The number of hydrogen-bond donors (Lipinski definition) is 1. The second-order valence-corrected chi connectivity index (χ2v) is 9.84. The first kappa shape index (κ1) is 20.7. The van der Waals surface area contributed by atoms with Gasteiger partial charge in [-0.3, -0.25) is 4.79 Å². The maximum Gasteiger partial charge on any atom is 0.282 e. The number of ether oxygens (including phenoxy) is 2. The Kier molecular flexibility index (Phi) is 6.21. The lowest BCUT2D eigenvalue weighted by atomic mass is 9.99. The Hall–Kier alpha value is -1.52. The molecular formula is C20H29N3O5S. The Labute approximate surface area is 172 Å². The van der Waals surface area contributed by atoms with E-state index in [2.05, 4.69) is 5.32 Å². The molecule has 1 spiro atoms. The Morgan fingerprint density at radius 2 is 1.76 bits per heavy atom. The Balaban J connectivity index is 1.33. The van der Waals surface area contributed by atoms with E-state index in [9.17, 15) is 13.2 Å². The van der Waals surface area contributed by atoms with Gasteiger partial charge in [-0.15, -0.1) is 0 Å². The van der Waals surface area contributed by atoms with E-state index in [4.69, 9.17) is 9.47 Å². The molecule has 160 valence electrons. The van der Waals surface area contributed by atoms with Crippen molar-refractivity contribution in [3.63, 3.8) is 0 Å². The van der Waals surface area contributed by atoms with E-state index in [1.165, 1.54) is 8.61 Å². The first-order valence-corrected chi connectivity index (χ1v) is 11.7. The highest BCUT2D eigenvalue weighted by Crippen LogP contribution is 2.33. The van der Waals surface area contributed by atoms with Gasteiger partial charge in [0.2, 0.25) is 5.91 Å². The van der Waals surface area contributed by atoms with Crippen molar-refractivity contribution in [2.45, 2.75) is 38.0 Å². The van der Waals surface area contributed by atoms with Gasteiger partial charge in [-0.25, -0.2) is 0 Å².